The summed E-state index contributed by atoms with van der Waals surface area (Å²) in [5, 5.41) is 8.81. The van der Waals surface area contributed by atoms with Crippen molar-refractivity contribution >= 4 is 41.4 Å². The molecule has 1 amide bonds. The molecule has 1 atom stereocenters. The molecule has 1 unspecified atom stereocenters. The summed E-state index contributed by atoms with van der Waals surface area (Å²) in [6.07, 6.45) is 1.63. The van der Waals surface area contributed by atoms with Gasteiger partial charge in [0.05, 0.1) is 24.5 Å². The van der Waals surface area contributed by atoms with Crippen molar-refractivity contribution in [1.82, 2.24) is 15.6 Å². The van der Waals surface area contributed by atoms with Crippen molar-refractivity contribution in [2.75, 3.05) is 11.6 Å². The highest BCUT2D eigenvalue weighted by atomic mass is 35.5. The minimum atomic E-state index is -0.0758. The number of thioether (sulfide) groups is 1. The number of amides is 1. The van der Waals surface area contributed by atoms with Gasteiger partial charge in [-0.25, -0.2) is 4.98 Å². The number of nitrogens with one attached hydrogen (secondary N) is 2. The summed E-state index contributed by atoms with van der Waals surface area (Å²) in [7, 11) is 0. The van der Waals surface area contributed by atoms with Crippen LogP contribution in [0.2, 0.25) is 0 Å². The van der Waals surface area contributed by atoms with Gasteiger partial charge in [-0.2, -0.15) is 0 Å². The zero-order valence-electron chi connectivity index (χ0n) is 10.5. The second kappa shape index (κ2) is 7.12. The van der Waals surface area contributed by atoms with Crippen LogP contribution < -0.4 is 10.6 Å². The maximum atomic E-state index is 11.8. The third-order valence-corrected chi connectivity index (χ3v) is 4.61. The van der Waals surface area contributed by atoms with E-state index in [1.807, 2.05) is 17.5 Å². The molecule has 1 aliphatic rings. The van der Waals surface area contributed by atoms with Gasteiger partial charge in [0, 0.05) is 17.0 Å². The lowest BCUT2D eigenvalue weighted by Crippen LogP contribution is -2.41. The number of nitrogens with zero attached hydrogens (tertiary/aromatic N) is 1. The normalized spacial score (nSPS) is 17.7. The molecule has 108 valence electrons. The van der Waals surface area contributed by atoms with Gasteiger partial charge in [-0.15, -0.1) is 35.5 Å². The van der Waals surface area contributed by atoms with Gasteiger partial charge in [0.1, 0.15) is 0 Å². The summed E-state index contributed by atoms with van der Waals surface area (Å²) in [6, 6.07) is 3.64. The molecular weight excluding hydrogens is 318 g/mol. The van der Waals surface area contributed by atoms with Crippen molar-refractivity contribution in [3.8, 4) is 10.8 Å². The molecule has 2 aromatic rings. The van der Waals surface area contributed by atoms with E-state index in [0.717, 1.165) is 28.1 Å². The van der Waals surface area contributed by atoms with Gasteiger partial charge in [-0.05, 0) is 12.1 Å². The van der Waals surface area contributed by atoms with Crippen molar-refractivity contribution in [2.45, 2.75) is 12.6 Å². The Kier molecular flexibility index (Phi) is 5.47. The van der Waals surface area contributed by atoms with E-state index in [1.165, 1.54) is 11.3 Å². The van der Waals surface area contributed by atoms with Crippen LogP contribution in [0.15, 0.2) is 28.2 Å². The Morgan fingerprint density at radius 2 is 2.50 bits per heavy atom. The van der Waals surface area contributed by atoms with Crippen LogP contribution in [0.25, 0.3) is 10.8 Å². The quantitative estimate of drug-likeness (QED) is 0.898. The molecule has 1 saturated heterocycles. The lowest BCUT2D eigenvalue weighted by atomic mass is 10.3. The maximum absolute atomic E-state index is 11.8. The highest BCUT2D eigenvalue weighted by Crippen LogP contribution is 2.23. The number of aromatic nitrogens is 1. The Hall–Kier alpha value is -1.02. The number of hydrogen-bond donors (Lipinski definition) is 2. The van der Waals surface area contributed by atoms with E-state index in [9.17, 15) is 4.79 Å². The second-order valence-electron chi connectivity index (χ2n) is 4.11. The number of carbonyl (C=O) groups excluding carboxylic acids is 1. The van der Waals surface area contributed by atoms with Crippen LogP contribution in [0, 0.1) is 0 Å². The standard InChI is InChI=1S/C12H13N3O2S2.ClH/c16-11(9-6-18-7-14-9)13-4-8-5-19-12(15-8)10-2-1-3-17-10;/h1-3,5,9,14H,4,6-7H2,(H,13,16);1H. The molecule has 3 rings (SSSR count). The Morgan fingerprint density at radius 3 is 3.20 bits per heavy atom. The average Bonchev–Trinajstić information content (AvgIpc) is 3.14. The van der Waals surface area contributed by atoms with Crippen molar-refractivity contribution in [1.29, 1.82) is 0 Å². The van der Waals surface area contributed by atoms with E-state index < -0.39 is 0 Å². The Labute approximate surface area is 130 Å². The van der Waals surface area contributed by atoms with Gasteiger partial charge in [-0.3, -0.25) is 10.1 Å². The molecule has 2 aromatic heterocycles. The number of rotatable bonds is 4. The largest absolute Gasteiger partial charge is 0.462 e. The van der Waals surface area contributed by atoms with Gasteiger partial charge in [-0.1, -0.05) is 0 Å². The van der Waals surface area contributed by atoms with Gasteiger partial charge < -0.3 is 9.73 Å². The molecule has 20 heavy (non-hydrogen) atoms. The monoisotopic (exact) mass is 331 g/mol. The summed E-state index contributed by atoms with van der Waals surface area (Å²) < 4.78 is 5.29. The first-order chi connectivity index (χ1) is 9.33. The molecule has 0 spiro atoms. The van der Waals surface area contributed by atoms with Crippen LogP contribution in [-0.2, 0) is 11.3 Å². The minimum Gasteiger partial charge on any atom is -0.462 e. The minimum absolute atomic E-state index is 0. The van der Waals surface area contributed by atoms with Gasteiger partial charge in [0.2, 0.25) is 5.91 Å². The highest BCUT2D eigenvalue weighted by molar-refractivity contribution is 7.99. The van der Waals surface area contributed by atoms with Gasteiger partial charge >= 0.3 is 0 Å². The number of carbonyl (C=O) groups is 1. The van der Waals surface area contributed by atoms with E-state index in [2.05, 4.69) is 15.6 Å². The van der Waals surface area contributed by atoms with Crippen molar-refractivity contribution in [2.24, 2.45) is 0 Å². The molecule has 0 aromatic carbocycles. The summed E-state index contributed by atoms with van der Waals surface area (Å²) in [6.45, 7) is 0.457. The van der Waals surface area contributed by atoms with Crippen LogP contribution in [0.1, 0.15) is 5.69 Å². The number of halogens is 1. The fourth-order valence-corrected chi connectivity index (χ4v) is 3.49. The van der Waals surface area contributed by atoms with Gasteiger partial charge in [0.25, 0.3) is 0 Å². The van der Waals surface area contributed by atoms with E-state index in [4.69, 9.17) is 4.42 Å². The maximum Gasteiger partial charge on any atom is 0.238 e. The molecule has 5 nitrogen and oxygen atoms in total. The van der Waals surface area contributed by atoms with Crippen LogP contribution >= 0.6 is 35.5 Å². The third-order valence-electron chi connectivity index (χ3n) is 2.76. The van der Waals surface area contributed by atoms with Gasteiger partial charge in [0.15, 0.2) is 10.8 Å². The predicted molar refractivity (Wildman–Crippen MR) is 83.2 cm³/mol. The molecule has 8 heteroatoms. The summed E-state index contributed by atoms with van der Waals surface area (Å²) in [4.78, 5) is 16.3. The Morgan fingerprint density at radius 1 is 1.60 bits per heavy atom. The fourth-order valence-electron chi connectivity index (χ4n) is 1.77. The summed E-state index contributed by atoms with van der Waals surface area (Å²) >= 11 is 3.25. The van der Waals surface area contributed by atoms with Crippen molar-refractivity contribution < 1.29 is 9.21 Å². The third kappa shape index (κ3) is 3.54. The first-order valence-electron chi connectivity index (χ1n) is 5.90. The van der Waals surface area contributed by atoms with E-state index in [1.54, 1.807) is 18.0 Å². The summed E-state index contributed by atoms with van der Waals surface area (Å²) in [5.41, 5.74) is 0.857. The van der Waals surface area contributed by atoms with E-state index in [-0.39, 0.29) is 24.4 Å². The lowest BCUT2D eigenvalue weighted by Gasteiger charge is -2.08. The second-order valence-corrected chi connectivity index (χ2v) is 6.00. The highest BCUT2D eigenvalue weighted by Gasteiger charge is 2.22. The first kappa shape index (κ1) is 15.4. The van der Waals surface area contributed by atoms with Crippen molar-refractivity contribution in [3.05, 3.63) is 29.5 Å². The molecule has 2 N–H and O–H groups in total. The summed E-state index contributed by atoms with van der Waals surface area (Å²) in [5.74, 6) is 2.48. The topological polar surface area (TPSA) is 67.2 Å². The molecule has 0 radical (unpaired) electrons. The molecular formula is C12H14ClN3O2S2. The zero-order chi connectivity index (χ0) is 13.1. The molecule has 0 saturated carbocycles. The zero-order valence-corrected chi connectivity index (χ0v) is 12.9. The number of hydrogen-bond acceptors (Lipinski definition) is 6. The molecule has 3 heterocycles. The van der Waals surface area contributed by atoms with Crippen LogP contribution in [0.4, 0.5) is 0 Å². The molecule has 1 aliphatic heterocycles. The lowest BCUT2D eigenvalue weighted by molar-refractivity contribution is -0.122. The Bertz CT molecular complexity index is 553. The Balaban J connectivity index is 0.00000147. The average molecular weight is 332 g/mol. The number of furan rings is 1. The van der Waals surface area contributed by atoms with E-state index >= 15 is 0 Å². The van der Waals surface area contributed by atoms with Crippen LogP contribution in [0.5, 0.6) is 0 Å². The molecule has 0 aliphatic carbocycles. The van der Waals surface area contributed by atoms with E-state index in [0.29, 0.717) is 6.54 Å². The predicted octanol–water partition coefficient (Wildman–Crippen LogP) is 2.10. The fraction of sp³-hybridized carbons (Fsp3) is 0.333. The molecule has 1 fully saturated rings. The van der Waals surface area contributed by atoms with Crippen molar-refractivity contribution in [3.63, 3.8) is 0 Å². The molecule has 0 bridgehead atoms. The first-order valence-corrected chi connectivity index (χ1v) is 7.93. The smallest absolute Gasteiger partial charge is 0.238 e. The van der Waals surface area contributed by atoms with Crippen LogP contribution in [-0.4, -0.2) is 28.6 Å². The van der Waals surface area contributed by atoms with Crippen LogP contribution in [0.3, 0.4) is 0 Å². The SMILES string of the molecule is Cl.O=C(NCc1csc(-c2ccco2)n1)C1CSCN1. The number of thiazole rings is 1.